The monoisotopic (exact) mass is 503 g/mol. The van der Waals surface area contributed by atoms with Crippen LogP contribution in [-0.2, 0) is 11.3 Å². The maximum Gasteiger partial charge on any atom is 0.256 e. The summed E-state index contributed by atoms with van der Waals surface area (Å²) in [6.45, 7) is 3.92. The lowest BCUT2D eigenvalue weighted by molar-refractivity contribution is -0.122. The van der Waals surface area contributed by atoms with Gasteiger partial charge in [0.15, 0.2) is 0 Å². The van der Waals surface area contributed by atoms with Crippen molar-refractivity contribution < 1.29 is 19.5 Å². The van der Waals surface area contributed by atoms with Crippen molar-refractivity contribution in [3.05, 3.63) is 76.5 Å². The molecule has 0 spiro atoms. The highest BCUT2D eigenvalue weighted by Crippen LogP contribution is 2.34. The first-order valence-corrected chi connectivity index (χ1v) is 12.3. The summed E-state index contributed by atoms with van der Waals surface area (Å²) < 4.78 is 0. The molecule has 4 N–H and O–H groups in total. The molecule has 194 valence electrons. The summed E-state index contributed by atoms with van der Waals surface area (Å²) in [6.07, 6.45) is 2.84. The number of aliphatic hydroxyl groups is 1. The fourth-order valence-electron chi connectivity index (χ4n) is 4.50. The van der Waals surface area contributed by atoms with Gasteiger partial charge in [-0.1, -0.05) is 18.2 Å². The summed E-state index contributed by atoms with van der Waals surface area (Å²) in [5.41, 5.74) is 9.17. The predicted octanol–water partition coefficient (Wildman–Crippen LogP) is 2.23. The smallest absolute Gasteiger partial charge is 0.256 e. The number of likely N-dealkylation sites (N-methyl/N-ethyl adjacent to an activating group) is 1. The highest BCUT2D eigenvalue weighted by atomic mass is 16.3. The minimum Gasteiger partial charge on any atom is -0.404 e. The first-order valence-electron chi connectivity index (χ1n) is 12.3. The van der Waals surface area contributed by atoms with Gasteiger partial charge in [0.25, 0.3) is 11.8 Å². The van der Waals surface area contributed by atoms with E-state index in [9.17, 15) is 19.5 Å². The Kier molecular flexibility index (Phi) is 7.18. The zero-order valence-electron chi connectivity index (χ0n) is 21.6. The number of aliphatic imine (C=N–C) groups is 1. The Balaban J connectivity index is 1.62. The van der Waals surface area contributed by atoms with E-state index in [0.717, 1.165) is 16.7 Å². The standard InChI is InChI=1S/C28H33N5O4/c1-17(14-29)24(30-3)20-8-9-22-23(13-20)32(4)26(35)18(2)33(27(22)36)15-19-6-5-7-21(12-19)25(34)31-16-28(37)10-11-28/h5-9,12-14,18,37H,10-11,15-16,29H2,1-4H3,(H,31,34)/t18-/m1/s1. The van der Waals surface area contributed by atoms with Crippen LogP contribution in [0, 0.1) is 0 Å². The van der Waals surface area contributed by atoms with Crippen LogP contribution >= 0.6 is 0 Å². The van der Waals surface area contributed by atoms with Crippen LogP contribution in [0.4, 0.5) is 5.69 Å². The van der Waals surface area contributed by atoms with Crippen LogP contribution in [0.25, 0.3) is 0 Å². The van der Waals surface area contributed by atoms with Crippen LogP contribution in [0.3, 0.4) is 0 Å². The summed E-state index contributed by atoms with van der Waals surface area (Å²) in [4.78, 5) is 47.0. The second-order valence-corrected chi connectivity index (χ2v) is 9.77. The highest BCUT2D eigenvalue weighted by molar-refractivity contribution is 6.15. The van der Waals surface area contributed by atoms with Crippen LogP contribution in [0.15, 0.2) is 59.2 Å². The minimum atomic E-state index is -0.788. The number of amides is 3. The number of nitrogens with two attached hydrogens (primary N) is 1. The van der Waals surface area contributed by atoms with Crippen LogP contribution in [0.1, 0.15) is 58.5 Å². The van der Waals surface area contributed by atoms with Crippen molar-refractivity contribution in [1.29, 1.82) is 0 Å². The number of allylic oxidation sites excluding steroid dienone is 1. The van der Waals surface area contributed by atoms with Crippen LogP contribution < -0.4 is 16.0 Å². The Morgan fingerprint density at radius 1 is 1.22 bits per heavy atom. The number of anilines is 1. The van der Waals surface area contributed by atoms with E-state index in [0.29, 0.717) is 35.4 Å². The van der Waals surface area contributed by atoms with E-state index in [1.54, 1.807) is 57.4 Å². The number of benzene rings is 2. The van der Waals surface area contributed by atoms with Crippen LogP contribution in [-0.4, -0.2) is 65.7 Å². The number of fused-ring (bicyclic) bond motifs is 1. The summed E-state index contributed by atoms with van der Waals surface area (Å²) >= 11 is 0. The number of carbonyl (C=O) groups excluding carboxylic acids is 3. The maximum atomic E-state index is 13.7. The molecule has 0 bridgehead atoms. The van der Waals surface area contributed by atoms with Gasteiger partial charge in [-0.3, -0.25) is 19.4 Å². The Morgan fingerprint density at radius 2 is 1.95 bits per heavy atom. The molecule has 9 nitrogen and oxygen atoms in total. The van der Waals surface area contributed by atoms with E-state index in [4.69, 9.17) is 5.73 Å². The third kappa shape index (κ3) is 5.27. The summed E-state index contributed by atoms with van der Waals surface area (Å²) in [7, 11) is 3.32. The molecule has 1 fully saturated rings. The molecule has 1 heterocycles. The van der Waals surface area contributed by atoms with Crippen molar-refractivity contribution in [3.63, 3.8) is 0 Å². The number of nitrogens with zero attached hydrogens (tertiary/aromatic N) is 3. The Morgan fingerprint density at radius 3 is 2.59 bits per heavy atom. The van der Waals surface area contributed by atoms with Crippen molar-refractivity contribution in [1.82, 2.24) is 10.2 Å². The second kappa shape index (κ2) is 10.2. The minimum absolute atomic E-state index is 0.155. The van der Waals surface area contributed by atoms with Gasteiger partial charge in [-0.2, -0.15) is 0 Å². The molecule has 1 saturated carbocycles. The molecule has 0 aromatic heterocycles. The van der Waals surface area contributed by atoms with E-state index >= 15 is 0 Å². The van der Waals surface area contributed by atoms with Crippen molar-refractivity contribution in [2.24, 2.45) is 10.7 Å². The average molecular weight is 504 g/mol. The zero-order chi connectivity index (χ0) is 26.9. The molecule has 1 aliphatic heterocycles. The summed E-state index contributed by atoms with van der Waals surface area (Å²) in [6, 6.07) is 11.5. The lowest BCUT2D eigenvalue weighted by Crippen LogP contribution is -2.45. The van der Waals surface area contributed by atoms with Crippen molar-refractivity contribution in [2.45, 2.75) is 44.9 Å². The van der Waals surface area contributed by atoms with Crippen LogP contribution in [0.5, 0.6) is 0 Å². The lowest BCUT2D eigenvalue weighted by Gasteiger charge is -2.27. The van der Waals surface area contributed by atoms with Gasteiger partial charge in [-0.05, 0) is 68.3 Å². The molecule has 1 aliphatic carbocycles. The van der Waals surface area contributed by atoms with Gasteiger partial charge < -0.3 is 26.0 Å². The topological polar surface area (TPSA) is 128 Å². The molecule has 3 amide bonds. The largest absolute Gasteiger partial charge is 0.404 e. The molecule has 2 aliphatic rings. The number of carbonyl (C=O) groups is 3. The first-order chi connectivity index (χ1) is 17.6. The van der Waals surface area contributed by atoms with E-state index in [2.05, 4.69) is 10.3 Å². The molecule has 0 radical (unpaired) electrons. The Labute approximate surface area is 216 Å². The van der Waals surface area contributed by atoms with Crippen molar-refractivity contribution >= 4 is 29.1 Å². The summed E-state index contributed by atoms with van der Waals surface area (Å²) in [5, 5.41) is 12.8. The zero-order valence-corrected chi connectivity index (χ0v) is 21.6. The van der Waals surface area contributed by atoms with E-state index in [-0.39, 0.29) is 30.8 Å². The van der Waals surface area contributed by atoms with Gasteiger partial charge in [-0.15, -0.1) is 0 Å². The molecule has 1 atom stereocenters. The van der Waals surface area contributed by atoms with Gasteiger partial charge in [0.05, 0.1) is 22.6 Å². The molecule has 37 heavy (non-hydrogen) atoms. The molecular weight excluding hydrogens is 470 g/mol. The summed E-state index contributed by atoms with van der Waals surface area (Å²) in [5.74, 6) is -0.795. The van der Waals surface area contributed by atoms with E-state index in [1.807, 2.05) is 13.0 Å². The van der Waals surface area contributed by atoms with Gasteiger partial charge >= 0.3 is 0 Å². The Bertz CT molecular complexity index is 1310. The van der Waals surface area contributed by atoms with Gasteiger partial charge in [0, 0.05) is 38.3 Å². The molecule has 0 saturated heterocycles. The second-order valence-electron chi connectivity index (χ2n) is 9.77. The molecule has 2 aromatic carbocycles. The van der Waals surface area contributed by atoms with Gasteiger partial charge in [0.1, 0.15) is 6.04 Å². The lowest BCUT2D eigenvalue weighted by atomic mass is 10.00. The molecule has 9 heteroatoms. The van der Waals surface area contributed by atoms with Crippen LogP contribution in [0.2, 0.25) is 0 Å². The molecular formula is C28H33N5O4. The maximum absolute atomic E-state index is 13.7. The Hall–Kier alpha value is -3.98. The third-order valence-electron chi connectivity index (χ3n) is 7.07. The molecule has 4 rings (SSSR count). The van der Waals surface area contributed by atoms with Crippen molar-refractivity contribution in [3.8, 4) is 0 Å². The predicted molar refractivity (Wildman–Crippen MR) is 143 cm³/mol. The van der Waals surface area contributed by atoms with E-state index < -0.39 is 11.6 Å². The number of rotatable bonds is 7. The normalized spacial score (nSPS) is 19.4. The SMILES string of the molecule is CN=C(C(C)=CN)c1ccc2c(c1)N(C)C(=O)[C@@H](C)N(Cc1cccc(C(=O)NCC3(O)CC3)c1)C2=O. The quantitative estimate of drug-likeness (QED) is 0.499. The number of nitrogens with one attached hydrogen (secondary N) is 1. The van der Waals surface area contributed by atoms with Gasteiger partial charge in [-0.25, -0.2) is 0 Å². The fraction of sp³-hybridized carbons (Fsp3) is 0.357. The average Bonchev–Trinajstić information content (AvgIpc) is 3.66. The van der Waals surface area contributed by atoms with Crippen molar-refractivity contribution in [2.75, 3.05) is 25.5 Å². The number of hydrogen-bond donors (Lipinski definition) is 3. The first kappa shape index (κ1) is 26.1. The molecule has 2 aromatic rings. The van der Waals surface area contributed by atoms with E-state index in [1.165, 1.54) is 16.0 Å². The highest BCUT2D eigenvalue weighted by Gasteiger charge is 2.40. The number of hydrogen-bond acceptors (Lipinski definition) is 6. The molecule has 0 unspecified atom stereocenters. The third-order valence-corrected chi connectivity index (χ3v) is 7.07. The van der Waals surface area contributed by atoms with Gasteiger partial charge in [0.2, 0.25) is 5.91 Å². The fourth-order valence-corrected chi connectivity index (χ4v) is 4.50.